The fraction of sp³-hybridized carbons (Fsp3) is 0.486. The predicted octanol–water partition coefficient (Wildman–Crippen LogP) is 6.41. The Morgan fingerprint density at radius 1 is 1.04 bits per heavy atom. The first-order valence-electron chi connectivity index (χ1n) is 17.2. The van der Waals surface area contributed by atoms with E-state index in [2.05, 4.69) is 62.0 Å². The van der Waals surface area contributed by atoms with Gasteiger partial charge in [-0.15, -0.1) is 0 Å². The van der Waals surface area contributed by atoms with E-state index in [0.717, 1.165) is 6.42 Å². The smallest absolute Gasteiger partial charge is 0.408 e. The molecule has 2 fully saturated rings. The number of carbonyl (C=O) groups is 2. The molecule has 2 aliphatic rings. The summed E-state index contributed by atoms with van der Waals surface area (Å²) in [5.74, 6) is 0.226. The van der Waals surface area contributed by atoms with Crippen LogP contribution in [-0.2, 0) is 34.9 Å². The van der Waals surface area contributed by atoms with Gasteiger partial charge in [0.25, 0.3) is 0 Å². The maximum Gasteiger partial charge on any atom is 0.408 e. The molecule has 5 atom stereocenters. The molecule has 1 amide bonds. The van der Waals surface area contributed by atoms with Crippen molar-refractivity contribution in [1.82, 2.24) is 24.8 Å². The van der Waals surface area contributed by atoms with Gasteiger partial charge in [-0.25, -0.2) is 14.6 Å². The average molecular weight is 753 g/mol. The first-order chi connectivity index (χ1) is 24.8. The molecule has 4 aromatic rings. The van der Waals surface area contributed by atoms with Crippen molar-refractivity contribution < 1.29 is 33.3 Å². The highest BCUT2D eigenvalue weighted by atomic mass is 35.5. The van der Waals surface area contributed by atoms with Crippen LogP contribution in [0.1, 0.15) is 52.8 Å². The monoisotopic (exact) mass is 752 g/mol. The summed E-state index contributed by atoms with van der Waals surface area (Å²) < 4.78 is 31.3. The van der Waals surface area contributed by atoms with Gasteiger partial charge in [0.2, 0.25) is 5.28 Å². The lowest BCUT2D eigenvalue weighted by molar-refractivity contribution is -0.193. The van der Waals surface area contributed by atoms with Crippen LogP contribution in [0.15, 0.2) is 60.9 Å². The lowest BCUT2D eigenvalue weighted by Gasteiger charge is -2.25. The molecule has 0 aliphatic carbocycles. The fourth-order valence-corrected chi connectivity index (χ4v) is 7.51. The van der Waals surface area contributed by atoms with E-state index in [4.69, 9.17) is 35.3 Å². The average Bonchev–Trinajstić information content (AvgIpc) is 3.76. The number of esters is 1. The number of amides is 1. The maximum atomic E-state index is 12.4. The van der Waals surface area contributed by atoms with Crippen LogP contribution in [0.5, 0.6) is 0 Å². The van der Waals surface area contributed by atoms with Gasteiger partial charge in [-0.05, 0) is 81.5 Å². The number of benzene rings is 2. The Morgan fingerprint density at radius 3 is 2.46 bits per heavy atom. The van der Waals surface area contributed by atoms with Crippen LogP contribution in [0.4, 0.5) is 10.6 Å². The molecule has 13 nitrogen and oxygen atoms in total. The SMILES string of the molecule is COC(=O)C(CCSC[C@H]1O[C@@H](n2cnc3c(NCCc4ccc(-c5ccccc5)cc4)nc(Cl)nc32)[C@@H]2OC(C)(C)O[C@@H]21)NC(=O)OC(C)(C)C. The number of methoxy groups -OCH3 is 1. The van der Waals surface area contributed by atoms with E-state index in [1.54, 1.807) is 38.9 Å². The second-order valence-corrected chi connectivity index (χ2v) is 15.6. The topological polar surface area (TPSA) is 148 Å². The summed E-state index contributed by atoms with van der Waals surface area (Å²) in [6.07, 6.45) is 0.325. The second kappa shape index (κ2) is 16.0. The Kier molecular flexibility index (Phi) is 11.6. The van der Waals surface area contributed by atoms with E-state index < -0.39 is 41.8 Å². The first-order valence-corrected chi connectivity index (χ1v) is 18.8. The molecule has 4 heterocycles. The molecule has 52 heavy (non-hydrogen) atoms. The van der Waals surface area contributed by atoms with Gasteiger partial charge in [-0.3, -0.25) is 4.57 Å². The first kappa shape index (κ1) is 37.8. The lowest BCUT2D eigenvalue weighted by Crippen LogP contribution is -2.44. The Bertz CT molecular complexity index is 1850. The highest BCUT2D eigenvalue weighted by Crippen LogP contribution is 2.44. The standard InChI is InChI=1S/C37H45ClN6O7S/c1-36(2,3)51-35(46)41-25(33(45)47-6)17-19-52-20-26-28-29(50-37(4,5)49-28)32(48-26)44-21-40-27-30(42-34(38)43-31(27)44)39-18-16-22-12-14-24(15-13-22)23-10-8-7-9-11-23/h7-15,21,25-26,28-29,32H,16-20H2,1-6H3,(H,41,46)(H,39,42,43)/t25?,26-,28-,29-,32-/m1/s1. The molecule has 15 heteroatoms. The van der Waals surface area contributed by atoms with Gasteiger partial charge in [0.05, 0.1) is 19.5 Å². The third-order valence-corrected chi connectivity index (χ3v) is 9.83. The van der Waals surface area contributed by atoms with Gasteiger partial charge < -0.3 is 34.3 Å². The third kappa shape index (κ3) is 9.15. The molecule has 1 unspecified atom stereocenters. The Morgan fingerprint density at radius 2 is 1.75 bits per heavy atom. The van der Waals surface area contributed by atoms with E-state index in [0.29, 0.717) is 41.5 Å². The molecular weight excluding hydrogens is 708 g/mol. The number of imidazole rings is 1. The van der Waals surface area contributed by atoms with Crippen molar-refractivity contribution in [2.24, 2.45) is 0 Å². The number of nitrogens with one attached hydrogen (secondary N) is 2. The fourth-order valence-electron chi connectivity index (χ4n) is 6.28. The van der Waals surface area contributed by atoms with E-state index in [1.807, 2.05) is 36.6 Å². The Hall–Kier alpha value is -3.95. The lowest BCUT2D eigenvalue weighted by atomic mass is 10.0. The number of ether oxygens (including phenoxy) is 5. The van der Waals surface area contributed by atoms with Crippen LogP contribution in [-0.4, -0.2) is 92.5 Å². The van der Waals surface area contributed by atoms with Crippen molar-refractivity contribution >= 4 is 52.4 Å². The van der Waals surface area contributed by atoms with Gasteiger partial charge in [0.1, 0.15) is 23.9 Å². The van der Waals surface area contributed by atoms with Crippen molar-refractivity contribution in [1.29, 1.82) is 0 Å². The number of rotatable bonds is 13. The highest BCUT2D eigenvalue weighted by Gasteiger charge is 2.56. The predicted molar refractivity (Wildman–Crippen MR) is 199 cm³/mol. The molecule has 2 aromatic heterocycles. The minimum Gasteiger partial charge on any atom is -0.467 e. The minimum atomic E-state index is -0.855. The quantitative estimate of drug-likeness (QED) is 0.0884. The van der Waals surface area contributed by atoms with Gasteiger partial charge in [0, 0.05) is 12.3 Å². The number of alkyl carbamates (subject to hydrolysis) is 1. The number of carbonyl (C=O) groups excluding carboxylic acids is 2. The van der Waals surface area contributed by atoms with Crippen LogP contribution in [0, 0.1) is 0 Å². The number of halogens is 1. The number of hydrogen-bond acceptors (Lipinski definition) is 12. The summed E-state index contributed by atoms with van der Waals surface area (Å²) >= 11 is 8.02. The largest absolute Gasteiger partial charge is 0.467 e. The third-order valence-electron chi connectivity index (χ3n) is 8.57. The second-order valence-electron chi connectivity index (χ2n) is 14.1. The number of fused-ring (bicyclic) bond motifs is 2. The molecule has 0 saturated carbocycles. The van der Waals surface area contributed by atoms with Crippen molar-refractivity contribution in [2.75, 3.05) is 30.5 Å². The van der Waals surface area contributed by atoms with Gasteiger partial charge in [-0.1, -0.05) is 54.6 Å². The molecule has 2 saturated heterocycles. The van der Waals surface area contributed by atoms with Crippen LogP contribution < -0.4 is 10.6 Å². The molecule has 0 bridgehead atoms. The zero-order chi connectivity index (χ0) is 37.0. The molecular formula is C37H45ClN6O7S. The van der Waals surface area contributed by atoms with Crippen molar-refractivity contribution in [3.05, 3.63) is 71.8 Å². The number of hydrogen-bond donors (Lipinski definition) is 2. The molecule has 6 rings (SSSR count). The summed E-state index contributed by atoms with van der Waals surface area (Å²) in [4.78, 5) is 38.4. The van der Waals surface area contributed by atoms with Gasteiger partial charge in [-0.2, -0.15) is 21.7 Å². The van der Waals surface area contributed by atoms with Crippen molar-refractivity contribution in [3.63, 3.8) is 0 Å². The zero-order valence-corrected chi connectivity index (χ0v) is 31.7. The summed E-state index contributed by atoms with van der Waals surface area (Å²) in [6.45, 7) is 9.62. The molecule has 278 valence electrons. The van der Waals surface area contributed by atoms with E-state index in [9.17, 15) is 9.59 Å². The van der Waals surface area contributed by atoms with Crippen LogP contribution in [0.25, 0.3) is 22.3 Å². The molecule has 2 N–H and O–H groups in total. The zero-order valence-electron chi connectivity index (χ0n) is 30.1. The van der Waals surface area contributed by atoms with Crippen molar-refractivity contribution in [2.45, 2.75) is 89.4 Å². The number of nitrogens with zero attached hydrogens (tertiary/aromatic N) is 4. The highest BCUT2D eigenvalue weighted by molar-refractivity contribution is 7.99. The molecule has 2 aromatic carbocycles. The molecule has 0 radical (unpaired) electrons. The molecule has 0 spiro atoms. The summed E-state index contributed by atoms with van der Waals surface area (Å²) in [7, 11) is 1.29. The van der Waals surface area contributed by atoms with Gasteiger partial charge in [0.15, 0.2) is 29.0 Å². The van der Waals surface area contributed by atoms with E-state index in [-0.39, 0.29) is 17.5 Å². The van der Waals surface area contributed by atoms with Gasteiger partial charge >= 0.3 is 12.1 Å². The summed E-state index contributed by atoms with van der Waals surface area (Å²) in [5, 5.41) is 6.09. The normalized spacial score (nSPS) is 21.4. The number of aromatic nitrogens is 4. The minimum absolute atomic E-state index is 0.0784. The van der Waals surface area contributed by atoms with Crippen LogP contribution in [0.2, 0.25) is 5.28 Å². The van der Waals surface area contributed by atoms with E-state index >= 15 is 0 Å². The maximum absolute atomic E-state index is 12.4. The molecule has 2 aliphatic heterocycles. The number of anilines is 1. The summed E-state index contributed by atoms with van der Waals surface area (Å²) in [6, 6.07) is 18.0. The van der Waals surface area contributed by atoms with Crippen molar-refractivity contribution in [3.8, 4) is 11.1 Å². The number of thioether (sulfide) groups is 1. The summed E-state index contributed by atoms with van der Waals surface area (Å²) in [5.41, 5.74) is 3.91. The Labute approximate surface area is 312 Å². The van der Waals surface area contributed by atoms with E-state index in [1.165, 1.54) is 23.8 Å². The van der Waals surface area contributed by atoms with Crippen LogP contribution >= 0.6 is 23.4 Å². The Balaban J connectivity index is 1.10. The van der Waals surface area contributed by atoms with Crippen LogP contribution in [0.3, 0.4) is 0 Å².